The Labute approximate surface area is 155 Å². The van der Waals surface area contributed by atoms with Crippen LogP contribution in [-0.2, 0) is 4.79 Å². The van der Waals surface area contributed by atoms with Crippen LogP contribution in [0.4, 0.5) is 0 Å². The number of aryl methyl sites for hydroxylation is 1. The standard InChI is InChI=1S/C22H26N2O2/c1-15-5-3-7-17(9-15)19-11-20(13-23-12-19)22(26)24-14-21(25)18-8-4-6-16(2)10-18/h3,5,7,9,11-13,16,18H,4,6,8,10,14H2,1-2H3,(H,24,26)/t16-,18+/m1/s1. The second-order valence-electron chi connectivity index (χ2n) is 7.45. The van der Waals surface area contributed by atoms with Crippen molar-refractivity contribution >= 4 is 11.7 Å². The summed E-state index contributed by atoms with van der Waals surface area (Å²) in [6.45, 7) is 4.33. The molecule has 0 unspecified atom stereocenters. The molecular formula is C22H26N2O2. The molecule has 2 atom stereocenters. The third kappa shape index (κ3) is 4.57. The molecule has 1 aromatic carbocycles. The lowest BCUT2D eigenvalue weighted by Crippen LogP contribution is -2.34. The van der Waals surface area contributed by atoms with Gasteiger partial charge in [0.15, 0.2) is 5.78 Å². The van der Waals surface area contributed by atoms with E-state index < -0.39 is 0 Å². The van der Waals surface area contributed by atoms with E-state index >= 15 is 0 Å². The topological polar surface area (TPSA) is 59.1 Å². The van der Waals surface area contributed by atoms with Crippen molar-refractivity contribution in [3.05, 3.63) is 53.9 Å². The Morgan fingerprint density at radius 2 is 2.00 bits per heavy atom. The number of amides is 1. The summed E-state index contributed by atoms with van der Waals surface area (Å²) in [5.41, 5.74) is 3.56. The van der Waals surface area contributed by atoms with E-state index in [4.69, 9.17) is 0 Å². The Kier molecular flexibility index (Phi) is 5.82. The summed E-state index contributed by atoms with van der Waals surface area (Å²) in [6, 6.07) is 9.91. The van der Waals surface area contributed by atoms with E-state index in [1.807, 2.05) is 31.2 Å². The molecule has 0 saturated heterocycles. The molecule has 3 rings (SSSR count). The number of hydrogen-bond donors (Lipinski definition) is 1. The molecule has 4 heteroatoms. The smallest absolute Gasteiger partial charge is 0.253 e. The molecule has 4 nitrogen and oxygen atoms in total. The summed E-state index contributed by atoms with van der Waals surface area (Å²) in [6.07, 6.45) is 7.49. The van der Waals surface area contributed by atoms with E-state index in [0.717, 1.165) is 36.0 Å². The molecule has 1 aliphatic carbocycles. The number of nitrogens with zero attached hydrogens (tertiary/aromatic N) is 1. The fourth-order valence-corrected chi connectivity index (χ4v) is 3.69. The third-order valence-electron chi connectivity index (χ3n) is 5.17. The maximum absolute atomic E-state index is 12.4. The lowest BCUT2D eigenvalue weighted by atomic mass is 9.80. The van der Waals surface area contributed by atoms with Crippen LogP contribution < -0.4 is 5.32 Å². The lowest BCUT2D eigenvalue weighted by molar-refractivity contribution is -0.123. The second kappa shape index (κ2) is 8.26. The first-order valence-corrected chi connectivity index (χ1v) is 9.36. The predicted octanol–water partition coefficient (Wildman–Crippen LogP) is 4.18. The van der Waals surface area contributed by atoms with Crippen LogP contribution in [0.5, 0.6) is 0 Å². The van der Waals surface area contributed by atoms with Crippen LogP contribution in [0, 0.1) is 18.8 Å². The Morgan fingerprint density at radius 3 is 2.77 bits per heavy atom. The molecule has 1 aromatic heterocycles. The maximum Gasteiger partial charge on any atom is 0.253 e. The number of ketones is 1. The van der Waals surface area contributed by atoms with Gasteiger partial charge in [-0.3, -0.25) is 14.6 Å². The summed E-state index contributed by atoms with van der Waals surface area (Å²) in [4.78, 5) is 29.0. The average molecular weight is 350 g/mol. The van der Waals surface area contributed by atoms with Crippen molar-refractivity contribution in [2.45, 2.75) is 39.5 Å². The highest BCUT2D eigenvalue weighted by atomic mass is 16.2. The maximum atomic E-state index is 12.4. The van der Waals surface area contributed by atoms with Gasteiger partial charge in [-0.15, -0.1) is 0 Å². The molecule has 1 aliphatic rings. The fraction of sp³-hybridized carbons (Fsp3) is 0.409. The molecule has 1 fully saturated rings. The summed E-state index contributed by atoms with van der Waals surface area (Å²) < 4.78 is 0. The number of benzene rings is 1. The van der Waals surface area contributed by atoms with E-state index in [0.29, 0.717) is 11.5 Å². The summed E-state index contributed by atoms with van der Waals surface area (Å²) in [5, 5.41) is 2.77. The van der Waals surface area contributed by atoms with Gasteiger partial charge in [0.05, 0.1) is 12.1 Å². The molecule has 2 aromatic rings. The Bertz CT molecular complexity index is 800. The third-order valence-corrected chi connectivity index (χ3v) is 5.17. The zero-order chi connectivity index (χ0) is 18.5. The normalized spacial score (nSPS) is 19.8. The fourth-order valence-electron chi connectivity index (χ4n) is 3.69. The van der Waals surface area contributed by atoms with E-state index in [1.165, 1.54) is 6.42 Å². The first-order chi connectivity index (χ1) is 12.5. The van der Waals surface area contributed by atoms with Crippen LogP contribution >= 0.6 is 0 Å². The van der Waals surface area contributed by atoms with Crippen molar-refractivity contribution in [1.82, 2.24) is 10.3 Å². The molecular weight excluding hydrogens is 324 g/mol. The molecule has 0 bridgehead atoms. The van der Waals surface area contributed by atoms with Crippen molar-refractivity contribution in [2.75, 3.05) is 6.54 Å². The predicted molar refractivity (Wildman–Crippen MR) is 103 cm³/mol. The second-order valence-corrected chi connectivity index (χ2v) is 7.45. The molecule has 26 heavy (non-hydrogen) atoms. The zero-order valence-electron chi connectivity index (χ0n) is 15.5. The van der Waals surface area contributed by atoms with Gasteiger partial charge in [0.2, 0.25) is 0 Å². The van der Waals surface area contributed by atoms with E-state index in [9.17, 15) is 9.59 Å². The van der Waals surface area contributed by atoms with Crippen LogP contribution in [0.25, 0.3) is 11.1 Å². The van der Waals surface area contributed by atoms with Gasteiger partial charge in [-0.25, -0.2) is 0 Å². The number of hydrogen-bond acceptors (Lipinski definition) is 3. The van der Waals surface area contributed by atoms with Gasteiger partial charge in [-0.1, -0.05) is 49.6 Å². The quantitative estimate of drug-likeness (QED) is 0.880. The van der Waals surface area contributed by atoms with Crippen molar-refractivity contribution in [3.63, 3.8) is 0 Å². The summed E-state index contributed by atoms with van der Waals surface area (Å²) >= 11 is 0. The highest BCUT2D eigenvalue weighted by Crippen LogP contribution is 2.29. The minimum Gasteiger partial charge on any atom is -0.345 e. The molecule has 1 saturated carbocycles. The van der Waals surface area contributed by atoms with Crippen molar-refractivity contribution in [1.29, 1.82) is 0 Å². The highest BCUT2D eigenvalue weighted by molar-refractivity contribution is 5.97. The molecule has 1 amide bonds. The molecule has 1 N–H and O–H groups in total. The number of Topliss-reactive ketones (excluding diaryl/α,β-unsaturated/α-hetero) is 1. The Morgan fingerprint density at radius 1 is 1.15 bits per heavy atom. The zero-order valence-corrected chi connectivity index (χ0v) is 15.5. The van der Waals surface area contributed by atoms with Gasteiger partial charge in [0, 0.05) is 23.9 Å². The van der Waals surface area contributed by atoms with Crippen LogP contribution in [0.15, 0.2) is 42.7 Å². The Hall–Kier alpha value is -2.49. The van der Waals surface area contributed by atoms with Gasteiger partial charge in [0.25, 0.3) is 5.91 Å². The number of pyridine rings is 1. The molecule has 0 radical (unpaired) electrons. The van der Waals surface area contributed by atoms with Crippen molar-refractivity contribution in [2.24, 2.45) is 11.8 Å². The minimum absolute atomic E-state index is 0.0933. The van der Waals surface area contributed by atoms with Gasteiger partial charge < -0.3 is 5.32 Å². The van der Waals surface area contributed by atoms with Gasteiger partial charge in [-0.2, -0.15) is 0 Å². The van der Waals surface area contributed by atoms with E-state index in [1.54, 1.807) is 12.4 Å². The minimum atomic E-state index is -0.246. The molecule has 0 spiro atoms. The Balaban J connectivity index is 1.63. The van der Waals surface area contributed by atoms with E-state index in [-0.39, 0.29) is 24.2 Å². The molecule has 136 valence electrons. The number of aromatic nitrogens is 1. The number of nitrogens with one attached hydrogen (secondary N) is 1. The van der Waals surface area contributed by atoms with E-state index in [2.05, 4.69) is 23.3 Å². The van der Waals surface area contributed by atoms with Gasteiger partial charge in [0.1, 0.15) is 0 Å². The van der Waals surface area contributed by atoms with Crippen LogP contribution in [0.3, 0.4) is 0 Å². The first-order valence-electron chi connectivity index (χ1n) is 9.36. The van der Waals surface area contributed by atoms with Gasteiger partial charge in [-0.05, 0) is 37.3 Å². The van der Waals surface area contributed by atoms with Crippen LogP contribution in [0.1, 0.15) is 48.5 Å². The SMILES string of the molecule is Cc1cccc(-c2cncc(C(=O)NCC(=O)[C@H]3CCC[C@@H](C)C3)c2)c1. The number of rotatable bonds is 5. The monoisotopic (exact) mass is 350 g/mol. The van der Waals surface area contributed by atoms with Crippen LogP contribution in [0.2, 0.25) is 0 Å². The summed E-state index contributed by atoms with van der Waals surface area (Å²) in [7, 11) is 0. The summed E-state index contributed by atoms with van der Waals surface area (Å²) in [5.74, 6) is 0.594. The van der Waals surface area contributed by atoms with Crippen LogP contribution in [-0.4, -0.2) is 23.2 Å². The average Bonchev–Trinajstić information content (AvgIpc) is 2.66. The van der Waals surface area contributed by atoms with Crippen molar-refractivity contribution < 1.29 is 9.59 Å². The first kappa shape index (κ1) is 18.3. The van der Waals surface area contributed by atoms with Crippen molar-refractivity contribution in [3.8, 4) is 11.1 Å². The highest BCUT2D eigenvalue weighted by Gasteiger charge is 2.25. The lowest BCUT2D eigenvalue weighted by Gasteiger charge is -2.25. The van der Waals surface area contributed by atoms with Gasteiger partial charge >= 0.3 is 0 Å². The molecule has 1 heterocycles. The number of carbonyl (C=O) groups is 2. The number of carbonyl (C=O) groups excluding carboxylic acids is 2. The largest absolute Gasteiger partial charge is 0.345 e. The molecule has 0 aliphatic heterocycles.